The molecule has 3 nitrogen and oxygen atoms in total. The Morgan fingerprint density at radius 1 is 1.35 bits per heavy atom. The van der Waals surface area contributed by atoms with E-state index in [0.29, 0.717) is 5.92 Å². The number of rotatable bonds is 3. The fraction of sp³-hybridized carbons (Fsp3) is 0.588. The van der Waals surface area contributed by atoms with Gasteiger partial charge in [-0.15, -0.1) is 0 Å². The van der Waals surface area contributed by atoms with Crippen molar-refractivity contribution in [3.63, 3.8) is 0 Å². The molecule has 1 N–H and O–H groups in total. The minimum Gasteiger partial charge on any atom is -0.446 e. The molecular formula is C17H25NO2. The van der Waals surface area contributed by atoms with Gasteiger partial charge in [0, 0.05) is 0 Å². The molecule has 110 valence electrons. The molecule has 2 atom stereocenters. The van der Waals surface area contributed by atoms with Crippen LogP contribution < -0.4 is 5.32 Å². The summed E-state index contributed by atoms with van der Waals surface area (Å²) >= 11 is 0. The number of carbonyl (C=O) groups is 1. The third-order valence-electron chi connectivity index (χ3n) is 4.26. The molecular weight excluding hydrogens is 250 g/mol. The first-order chi connectivity index (χ1) is 9.61. The van der Waals surface area contributed by atoms with Gasteiger partial charge in [-0.1, -0.05) is 38.5 Å². The summed E-state index contributed by atoms with van der Waals surface area (Å²) in [5, 5.41) is 2.94. The second-order valence-electron chi connectivity index (χ2n) is 5.79. The van der Waals surface area contributed by atoms with Gasteiger partial charge in [0.05, 0.1) is 5.69 Å². The summed E-state index contributed by atoms with van der Waals surface area (Å²) in [6.45, 7) is 6.27. The van der Waals surface area contributed by atoms with Crippen molar-refractivity contribution < 1.29 is 9.53 Å². The Morgan fingerprint density at radius 2 is 2.10 bits per heavy atom. The van der Waals surface area contributed by atoms with E-state index in [1.165, 1.54) is 6.42 Å². The largest absolute Gasteiger partial charge is 0.446 e. The zero-order chi connectivity index (χ0) is 14.5. The Morgan fingerprint density at radius 3 is 2.80 bits per heavy atom. The average molecular weight is 275 g/mol. The van der Waals surface area contributed by atoms with Crippen molar-refractivity contribution in [2.45, 2.75) is 59.0 Å². The SMILES string of the molecule is CCc1cccc(C)c1NC(=O)OC1CCCCC1C. The van der Waals surface area contributed by atoms with Crippen LogP contribution in [-0.2, 0) is 11.2 Å². The maximum atomic E-state index is 12.1. The van der Waals surface area contributed by atoms with E-state index in [9.17, 15) is 4.79 Å². The summed E-state index contributed by atoms with van der Waals surface area (Å²) in [5.74, 6) is 0.469. The predicted octanol–water partition coefficient (Wildman–Crippen LogP) is 4.68. The summed E-state index contributed by atoms with van der Waals surface area (Å²) in [6.07, 6.45) is 5.21. The Balaban J connectivity index is 2.01. The number of hydrogen-bond acceptors (Lipinski definition) is 2. The van der Waals surface area contributed by atoms with E-state index in [1.54, 1.807) is 0 Å². The first-order valence-corrected chi connectivity index (χ1v) is 7.68. The lowest BCUT2D eigenvalue weighted by molar-refractivity contribution is 0.0524. The topological polar surface area (TPSA) is 38.3 Å². The maximum absolute atomic E-state index is 12.1. The number of para-hydroxylation sites is 1. The van der Waals surface area contributed by atoms with Crippen LogP contribution in [0.5, 0.6) is 0 Å². The van der Waals surface area contributed by atoms with E-state index in [-0.39, 0.29) is 12.2 Å². The number of carbonyl (C=O) groups excluding carboxylic acids is 1. The first kappa shape index (κ1) is 14.9. The summed E-state index contributed by atoms with van der Waals surface area (Å²) in [7, 11) is 0. The van der Waals surface area contributed by atoms with Gasteiger partial charge in [-0.2, -0.15) is 0 Å². The minimum atomic E-state index is -0.312. The smallest absolute Gasteiger partial charge is 0.411 e. The molecule has 1 amide bonds. The second-order valence-corrected chi connectivity index (χ2v) is 5.79. The van der Waals surface area contributed by atoms with Gasteiger partial charge in [0.1, 0.15) is 6.10 Å². The Hall–Kier alpha value is -1.51. The Labute approximate surface area is 121 Å². The van der Waals surface area contributed by atoms with Gasteiger partial charge in [0.25, 0.3) is 0 Å². The van der Waals surface area contributed by atoms with E-state index in [2.05, 4.69) is 19.2 Å². The molecule has 0 heterocycles. The van der Waals surface area contributed by atoms with Gasteiger partial charge in [-0.25, -0.2) is 4.79 Å². The average Bonchev–Trinajstić information content (AvgIpc) is 2.43. The lowest BCUT2D eigenvalue weighted by Crippen LogP contribution is -2.30. The molecule has 2 unspecified atom stereocenters. The number of benzene rings is 1. The van der Waals surface area contributed by atoms with Crippen molar-refractivity contribution in [3.8, 4) is 0 Å². The highest BCUT2D eigenvalue weighted by atomic mass is 16.6. The molecule has 0 bridgehead atoms. The van der Waals surface area contributed by atoms with Crippen LogP contribution in [-0.4, -0.2) is 12.2 Å². The molecule has 20 heavy (non-hydrogen) atoms. The fourth-order valence-corrected chi connectivity index (χ4v) is 2.93. The van der Waals surface area contributed by atoms with Crippen molar-refractivity contribution in [3.05, 3.63) is 29.3 Å². The van der Waals surface area contributed by atoms with Crippen LogP contribution >= 0.6 is 0 Å². The first-order valence-electron chi connectivity index (χ1n) is 7.68. The number of anilines is 1. The van der Waals surface area contributed by atoms with E-state index < -0.39 is 0 Å². The summed E-state index contributed by atoms with van der Waals surface area (Å²) in [6, 6.07) is 6.08. The Kier molecular flexibility index (Phi) is 5.05. The summed E-state index contributed by atoms with van der Waals surface area (Å²) < 4.78 is 5.61. The molecule has 0 aliphatic heterocycles. The lowest BCUT2D eigenvalue weighted by atomic mass is 9.88. The zero-order valence-corrected chi connectivity index (χ0v) is 12.7. The predicted molar refractivity (Wildman–Crippen MR) is 82.1 cm³/mol. The third kappa shape index (κ3) is 3.53. The highest BCUT2D eigenvalue weighted by Crippen LogP contribution is 2.27. The van der Waals surface area contributed by atoms with Crippen molar-refractivity contribution >= 4 is 11.8 Å². The highest BCUT2D eigenvalue weighted by molar-refractivity contribution is 5.87. The van der Waals surface area contributed by atoms with Gasteiger partial charge >= 0.3 is 6.09 Å². The van der Waals surface area contributed by atoms with Gasteiger partial charge in [0.2, 0.25) is 0 Å². The summed E-state index contributed by atoms with van der Waals surface area (Å²) in [5.41, 5.74) is 3.14. The van der Waals surface area contributed by atoms with Gasteiger partial charge in [-0.3, -0.25) is 5.32 Å². The highest BCUT2D eigenvalue weighted by Gasteiger charge is 2.25. The molecule has 1 fully saturated rings. The van der Waals surface area contributed by atoms with Crippen LogP contribution in [0.15, 0.2) is 18.2 Å². The number of aryl methyl sites for hydroxylation is 2. The second kappa shape index (κ2) is 6.78. The normalized spacial score (nSPS) is 22.4. The molecule has 1 aromatic rings. The fourth-order valence-electron chi connectivity index (χ4n) is 2.93. The standard InChI is InChI=1S/C17H25NO2/c1-4-14-10-7-9-13(3)16(14)18-17(19)20-15-11-6-5-8-12(15)2/h7,9-10,12,15H,4-6,8,11H2,1-3H3,(H,18,19). The van der Waals surface area contributed by atoms with Crippen LogP contribution in [0.2, 0.25) is 0 Å². The number of amides is 1. The van der Waals surface area contributed by atoms with Gasteiger partial charge in [-0.05, 0) is 49.7 Å². The monoisotopic (exact) mass is 275 g/mol. The molecule has 1 aliphatic rings. The number of nitrogens with one attached hydrogen (secondary N) is 1. The van der Waals surface area contributed by atoms with Crippen molar-refractivity contribution in [2.75, 3.05) is 5.32 Å². The van der Waals surface area contributed by atoms with Crippen molar-refractivity contribution in [2.24, 2.45) is 5.92 Å². The van der Waals surface area contributed by atoms with E-state index in [4.69, 9.17) is 4.74 Å². The lowest BCUT2D eigenvalue weighted by Gasteiger charge is -2.28. The number of ether oxygens (including phenoxy) is 1. The molecule has 1 aliphatic carbocycles. The third-order valence-corrected chi connectivity index (χ3v) is 4.26. The van der Waals surface area contributed by atoms with Crippen LogP contribution in [0.3, 0.4) is 0 Å². The molecule has 1 aromatic carbocycles. The molecule has 0 saturated heterocycles. The van der Waals surface area contributed by atoms with Crippen LogP contribution in [0.25, 0.3) is 0 Å². The Bertz CT molecular complexity index is 470. The van der Waals surface area contributed by atoms with Crippen molar-refractivity contribution in [1.29, 1.82) is 0 Å². The van der Waals surface area contributed by atoms with Crippen molar-refractivity contribution in [1.82, 2.24) is 0 Å². The van der Waals surface area contributed by atoms with E-state index in [1.807, 2.05) is 25.1 Å². The molecule has 0 radical (unpaired) electrons. The maximum Gasteiger partial charge on any atom is 0.411 e. The van der Waals surface area contributed by atoms with Crippen LogP contribution in [0.1, 0.15) is 50.7 Å². The minimum absolute atomic E-state index is 0.0674. The quantitative estimate of drug-likeness (QED) is 0.869. The molecule has 3 heteroatoms. The summed E-state index contributed by atoms with van der Waals surface area (Å²) in [4.78, 5) is 12.1. The van der Waals surface area contributed by atoms with Gasteiger partial charge in [0.15, 0.2) is 0 Å². The molecule has 1 saturated carbocycles. The zero-order valence-electron chi connectivity index (χ0n) is 12.7. The molecule has 2 rings (SSSR count). The van der Waals surface area contributed by atoms with Crippen LogP contribution in [0.4, 0.5) is 10.5 Å². The van der Waals surface area contributed by atoms with Crippen LogP contribution in [0, 0.1) is 12.8 Å². The van der Waals surface area contributed by atoms with Gasteiger partial charge < -0.3 is 4.74 Å². The molecule has 0 aromatic heterocycles. The number of hydrogen-bond donors (Lipinski definition) is 1. The van der Waals surface area contributed by atoms with E-state index >= 15 is 0 Å². The molecule has 0 spiro atoms. The van der Waals surface area contributed by atoms with E-state index in [0.717, 1.165) is 42.5 Å².